The number of hydrogen-bond acceptors (Lipinski definition) is 9. The van der Waals surface area contributed by atoms with Gasteiger partial charge in [-0.1, -0.05) is 35.6 Å². The highest BCUT2D eigenvalue weighted by Crippen LogP contribution is 2.38. The van der Waals surface area contributed by atoms with E-state index in [9.17, 15) is 26.4 Å². The van der Waals surface area contributed by atoms with Crippen molar-refractivity contribution in [3.05, 3.63) is 63.6 Å². The third-order valence-electron chi connectivity index (χ3n) is 4.56. The highest BCUT2D eigenvalue weighted by Gasteiger charge is 2.34. The Bertz CT molecular complexity index is 1450. The summed E-state index contributed by atoms with van der Waals surface area (Å²) < 4.78 is 69.2. The fraction of sp³-hybridized carbons (Fsp3) is 0.182. The van der Waals surface area contributed by atoms with Gasteiger partial charge in [-0.25, -0.2) is 13.2 Å². The van der Waals surface area contributed by atoms with Gasteiger partial charge in [0.25, 0.3) is 0 Å². The quantitative estimate of drug-likeness (QED) is 0.262. The van der Waals surface area contributed by atoms with Crippen LogP contribution in [-0.4, -0.2) is 43.2 Å². The van der Waals surface area contributed by atoms with Crippen LogP contribution in [0.2, 0.25) is 0 Å². The van der Waals surface area contributed by atoms with E-state index in [1.165, 1.54) is 36.4 Å². The zero-order chi connectivity index (χ0) is 26.7. The molecule has 0 aliphatic rings. The van der Waals surface area contributed by atoms with Crippen LogP contribution in [0.15, 0.2) is 57.9 Å². The molecule has 1 heterocycles. The van der Waals surface area contributed by atoms with E-state index in [2.05, 4.69) is 31.4 Å². The minimum atomic E-state index is -4.69. The molecule has 0 radical (unpaired) electrons. The number of sulfone groups is 1. The number of ether oxygens (including phenoxy) is 1. The normalized spacial score (nSPS) is 12.6. The number of esters is 1. The number of benzene rings is 2. The second kappa shape index (κ2) is 10.9. The maximum Gasteiger partial charge on any atom is 0.418 e. The van der Waals surface area contributed by atoms with Crippen LogP contribution in [0.4, 0.5) is 18.9 Å². The van der Waals surface area contributed by atoms with Crippen LogP contribution in [0, 0.1) is 5.41 Å². The lowest BCUT2D eigenvalue weighted by molar-refractivity contribution is -0.137. The zero-order valence-corrected chi connectivity index (χ0v) is 21.9. The minimum Gasteiger partial charge on any atom is -0.461 e. The molecule has 8 nitrogen and oxygen atoms in total. The van der Waals surface area contributed by atoms with Gasteiger partial charge < -0.3 is 10.1 Å². The molecule has 2 aromatic carbocycles. The number of nitrogens with one attached hydrogen (secondary N) is 2. The number of halogens is 4. The molecule has 0 amide bonds. The first-order valence-corrected chi connectivity index (χ1v) is 13.6. The molecule has 14 heteroatoms. The van der Waals surface area contributed by atoms with Crippen LogP contribution < -0.4 is 5.32 Å². The fourth-order valence-electron chi connectivity index (χ4n) is 2.89. The van der Waals surface area contributed by atoms with Crippen molar-refractivity contribution >= 4 is 60.2 Å². The highest BCUT2D eigenvalue weighted by atomic mass is 79.9. The van der Waals surface area contributed by atoms with Crippen LogP contribution in [0.25, 0.3) is 16.3 Å². The maximum absolute atomic E-state index is 13.6. The summed E-state index contributed by atoms with van der Waals surface area (Å²) >= 11 is 4.04. The Labute approximate surface area is 216 Å². The molecule has 190 valence electrons. The van der Waals surface area contributed by atoms with Crippen molar-refractivity contribution in [1.29, 1.82) is 5.41 Å². The number of hydrogen-bond donors (Lipinski definition) is 2. The van der Waals surface area contributed by atoms with E-state index in [4.69, 9.17) is 10.1 Å². The van der Waals surface area contributed by atoms with Gasteiger partial charge in [0.05, 0.1) is 32.9 Å². The molecule has 0 unspecified atom stereocenters. The Kier molecular flexibility index (Phi) is 8.31. The SMILES string of the molecule is CCOC(=O)C(=N)/C(Br)=C(\Nc1ccccc1C(F)(F)F)c1nnc(-c2cccc(S(C)(=O)=O)c2)s1. The molecular weight excluding hydrogens is 585 g/mol. The van der Waals surface area contributed by atoms with Crippen LogP contribution in [0.1, 0.15) is 17.5 Å². The summed E-state index contributed by atoms with van der Waals surface area (Å²) in [6, 6.07) is 10.6. The lowest BCUT2D eigenvalue weighted by atomic mass is 10.1. The molecule has 2 N–H and O–H groups in total. The summed E-state index contributed by atoms with van der Waals surface area (Å²) in [6.07, 6.45) is -3.63. The third kappa shape index (κ3) is 6.36. The first kappa shape index (κ1) is 27.5. The van der Waals surface area contributed by atoms with Crippen molar-refractivity contribution in [2.45, 2.75) is 18.0 Å². The molecule has 0 saturated carbocycles. The lowest BCUT2D eigenvalue weighted by Gasteiger charge is -2.16. The second-order valence-electron chi connectivity index (χ2n) is 7.17. The van der Waals surface area contributed by atoms with Gasteiger partial charge in [-0.2, -0.15) is 13.2 Å². The van der Waals surface area contributed by atoms with Crippen molar-refractivity contribution in [3.8, 4) is 10.6 Å². The van der Waals surface area contributed by atoms with Gasteiger partial charge in [-0.05, 0) is 47.1 Å². The molecule has 0 fully saturated rings. The van der Waals surface area contributed by atoms with Gasteiger partial charge in [0.1, 0.15) is 5.01 Å². The predicted molar refractivity (Wildman–Crippen MR) is 134 cm³/mol. The smallest absolute Gasteiger partial charge is 0.418 e. The lowest BCUT2D eigenvalue weighted by Crippen LogP contribution is -2.19. The van der Waals surface area contributed by atoms with E-state index in [1.54, 1.807) is 13.0 Å². The number of aromatic nitrogens is 2. The molecule has 0 saturated heterocycles. The van der Waals surface area contributed by atoms with Gasteiger partial charge in [0.15, 0.2) is 20.6 Å². The van der Waals surface area contributed by atoms with Gasteiger partial charge in [0.2, 0.25) is 0 Å². The third-order valence-corrected chi connectivity index (χ3v) is 7.45. The molecule has 0 bridgehead atoms. The largest absolute Gasteiger partial charge is 0.461 e. The van der Waals surface area contributed by atoms with Crippen LogP contribution >= 0.6 is 27.3 Å². The summed E-state index contributed by atoms with van der Waals surface area (Å²) in [4.78, 5) is 12.2. The van der Waals surface area contributed by atoms with E-state index < -0.39 is 33.3 Å². The van der Waals surface area contributed by atoms with Crippen molar-refractivity contribution in [2.75, 3.05) is 18.2 Å². The van der Waals surface area contributed by atoms with Crippen LogP contribution in [0.5, 0.6) is 0 Å². The van der Waals surface area contributed by atoms with E-state index in [-0.39, 0.29) is 37.4 Å². The topological polar surface area (TPSA) is 122 Å². The minimum absolute atomic E-state index is 0.0131. The van der Waals surface area contributed by atoms with Crippen molar-refractivity contribution < 1.29 is 31.1 Å². The summed E-state index contributed by atoms with van der Waals surface area (Å²) in [7, 11) is -3.50. The van der Waals surface area contributed by atoms with Crippen molar-refractivity contribution in [3.63, 3.8) is 0 Å². The number of anilines is 1. The first-order valence-electron chi connectivity index (χ1n) is 10.1. The van der Waals surface area contributed by atoms with E-state index >= 15 is 0 Å². The number of para-hydroxylation sites is 1. The summed E-state index contributed by atoms with van der Waals surface area (Å²) in [5.41, 5.74) is -1.69. The van der Waals surface area contributed by atoms with E-state index in [1.807, 2.05) is 0 Å². The summed E-state index contributed by atoms with van der Waals surface area (Å²) in [5.74, 6) is -1.00. The Morgan fingerprint density at radius 2 is 1.86 bits per heavy atom. The van der Waals surface area contributed by atoms with Crippen LogP contribution in [-0.2, 0) is 25.5 Å². The van der Waals surface area contributed by atoms with E-state index in [0.29, 0.717) is 5.56 Å². The summed E-state index contributed by atoms with van der Waals surface area (Å²) in [6.45, 7) is 1.53. The Morgan fingerprint density at radius 1 is 1.17 bits per heavy atom. The maximum atomic E-state index is 13.6. The van der Waals surface area contributed by atoms with Crippen molar-refractivity contribution in [2.24, 2.45) is 0 Å². The Hall–Kier alpha value is -3.10. The molecule has 0 spiro atoms. The van der Waals surface area contributed by atoms with Gasteiger partial charge in [-0.15, -0.1) is 10.2 Å². The monoisotopic (exact) mass is 602 g/mol. The molecule has 0 aliphatic carbocycles. The Morgan fingerprint density at radius 3 is 2.50 bits per heavy atom. The molecule has 0 aliphatic heterocycles. The van der Waals surface area contributed by atoms with Crippen molar-refractivity contribution in [1.82, 2.24) is 10.2 Å². The number of carbonyl (C=O) groups is 1. The number of nitrogens with zero attached hydrogens (tertiary/aromatic N) is 2. The standard InChI is InChI=1S/C22H18BrF3N4O4S2/c1-3-34-21(31)17(27)16(23)18(28-15-10-5-4-9-14(15)22(24,25)26)20-30-29-19(35-20)12-7-6-8-13(11-12)36(2,32)33/h4-11,27-28H,3H2,1-2H3/b18-16+,27-17?. The first-order chi connectivity index (χ1) is 16.8. The molecule has 3 rings (SSSR count). The summed E-state index contributed by atoms with van der Waals surface area (Å²) in [5, 5.41) is 19.1. The number of carbonyl (C=O) groups excluding carboxylic acids is 1. The number of rotatable bonds is 8. The zero-order valence-electron chi connectivity index (χ0n) is 18.7. The molecule has 3 aromatic rings. The number of alkyl halides is 3. The predicted octanol–water partition coefficient (Wildman–Crippen LogP) is 5.39. The molecule has 0 atom stereocenters. The Balaban J connectivity index is 2.13. The molecular formula is C22H18BrF3N4O4S2. The average Bonchev–Trinajstić information content (AvgIpc) is 3.31. The van der Waals surface area contributed by atoms with E-state index in [0.717, 1.165) is 23.7 Å². The fourth-order valence-corrected chi connectivity index (χ4v) is 4.99. The van der Waals surface area contributed by atoms with Gasteiger partial charge in [-0.3, -0.25) is 5.41 Å². The highest BCUT2D eigenvalue weighted by molar-refractivity contribution is 9.12. The van der Waals surface area contributed by atoms with Gasteiger partial charge in [0, 0.05) is 11.8 Å². The van der Waals surface area contributed by atoms with Crippen LogP contribution in [0.3, 0.4) is 0 Å². The average molecular weight is 603 g/mol. The second-order valence-corrected chi connectivity index (χ2v) is 11.0. The molecule has 36 heavy (non-hydrogen) atoms. The van der Waals surface area contributed by atoms with Gasteiger partial charge >= 0.3 is 12.1 Å². The molecule has 1 aromatic heterocycles.